The maximum absolute atomic E-state index is 12.2. The number of aromatic nitrogens is 2. The fraction of sp³-hybridized carbons (Fsp3) is 0.462. The molecule has 0 fully saturated rings. The first-order valence-corrected chi connectivity index (χ1v) is 7.18. The van der Waals surface area contributed by atoms with Crippen LogP contribution in [-0.4, -0.2) is 48.2 Å². The summed E-state index contributed by atoms with van der Waals surface area (Å²) in [6, 6.07) is 0. The second-order valence-electron chi connectivity index (χ2n) is 4.99. The molecule has 2 aromatic rings. The second-order valence-corrected chi connectivity index (χ2v) is 5.99. The minimum absolute atomic E-state index is 0.149. The average molecular weight is 293 g/mol. The standard InChI is InChI=1S/C13H19N5OS/c1-7-8(2)16-17-13-9(7)10(14)11(20-13)12(19)15-5-6-18(3)4/h5-6,14H2,1-4H3,(H,15,19). The molecule has 6 nitrogen and oxygen atoms in total. The molecule has 0 saturated heterocycles. The topological polar surface area (TPSA) is 84.1 Å². The van der Waals surface area contributed by atoms with E-state index in [9.17, 15) is 4.79 Å². The van der Waals surface area contributed by atoms with E-state index in [2.05, 4.69) is 15.5 Å². The van der Waals surface area contributed by atoms with Crippen molar-refractivity contribution in [2.45, 2.75) is 13.8 Å². The quantitative estimate of drug-likeness (QED) is 0.884. The molecule has 0 radical (unpaired) electrons. The highest BCUT2D eigenvalue weighted by atomic mass is 32.1. The number of likely N-dealkylation sites (N-methyl/N-ethyl adjacent to an activating group) is 1. The minimum Gasteiger partial charge on any atom is -0.397 e. The molecule has 0 bridgehead atoms. The zero-order valence-corrected chi connectivity index (χ0v) is 13.0. The van der Waals surface area contributed by atoms with Crippen molar-refractivity contribution in [1.29, 1.82) is 0 Å². The third-order valence-electron chi connectivity index (χ3n) is 3.19. The van der Waals surface area contributed by atoms with Gasteiger partial charge in [0.25, 0.3) is 5.91 Å². The molecule has 0 unspecified atom stereocenters. The highest BCUT2D eigenvalue weighted by Gasteiger charge is 2.19. The normalized spacial score (nSPS) is 11.2. The number of hydrogen-bond donors (Lipinski definition) is 2. The largest absolute Gasteiger partial charge is 0.397 e. The lowest BCUT2D eigenvalue weighted by Crippen LogP contribution is -2.31. The van der Waals surface area contributed by atoms with Gasteiger partial charge in [-0.25, -0.2) is 0 Å². The molecule has 0 saturated carbocycles. The molecular formula is C13H19N5OS. The number of thiophene rings is 1. The zero-order valence-electron chi connectivity index (χ0n) is 12.1. The Hall–Kier alpha value is -1.73. The first-order chi connectivity index (χ1) is 9.41. The minimum atomic E-state index is -0.149. The number of anilines is 1. The molecule has 0 aliphatic heterocycles. The van der Waals surface area contributed by atoms with Crippen LogP contribution in [0.2, 0.25) is 0 Å². The number of rotatable bonds is 4. The molecular weight excluding hydrogens is 274 g/mol. The molecule has 108 valence electrons. The third kappa shape index (κ3) is 2.73. The number of nitrogens with zero attached hydrogens (tertiary/aromatic N) is 3. The number of aryl methyl sites for hydroxylation is 2. The van der Waals surface area contributed by atoms with Gasteiger partial charge < -0.3 is 16.0 Å². The van der Waals surface area contributed by atoms with Crippen LogP contribution in [0, 0.1) is 13.8 Å². The summed E-state index contributed by atoms with van der Waals surface area (Å²) >= 11 is 1.29. The van der Waals surface area contributed by atoms with E-state index in [0.29, 0.717) is 21.9 Å². The Bertz CT molecular complexity index is 650. The summed E-state index contributed by atoms with van der Waals surface area (Å²) in [5, 5.41) is 11.9. The van der Waals surface area contributed by atoms with E-state index >= 15 is 0 Å². The van der Waals surface area contributed by atoms with Gasteiger partial charge in [0.2, 0.25) is 0 Å². The van der Waals surface area contributed by atoms with Gasteiger partial charge in [0.15, 0.2) is 0 Å². The Kier molecular flexibility index (Phi) is 4.20. The van der Waals surface area contributed by atoms with E-state index in [0.717, 1.165) is 23.2 Å². The highest BCUT2D eigenvalue weighted by Crippen LogP contribution is 2.34. The molecule has 0 aliphatic rings. The monoisotopic (exact) mass is 293 g/mol. The summed E-state index contributed by atoms with van der Waals surface area (Å²) in [5.41, 5.74) is 8.43. The van der Waals surface area contributed by atoms with Crippen molar-refractivity contribution >= 4 is 33.1 Å². The van der Waals surface area contributed by atoms with Crippen LogP contribution in [0.5, 0.6) is 0 Å². The van der Waals surface area contributed by atoms with Crippen molar-refractivity contribution in [2.24, 2.45) is 0 Å². The Morgan fingerprint density at radius 3 is 2.70 bits per heavy atom. The number of fused-ring (bicyclic) bond motifs is 1. The average Bonchev–Trinajstić information content (AvgIpc) is 2.71. The second kappa shape index (κ2) is 5.72. The van der Waals surface area contributed by atoms with Gasteiger partial charge in [-0.3, -0.25) is 4.79 Å². The molecule has 1 amide bonds. The third-order valence-corrected chi connectivity index (χ3v) is 4.27. The lowest BCUT2D eigenvalue weighted by atomic mass is 10.1. The zero-order chi connectivity index (χ0) is 14.9. The number of nitrogens with one attached hydrogen (secondary N) is 1. The number of nitrogen functional groups attached to an aromatic ring is 1. The maximum Gasteiger partial charge on any atom is 0.263 e. The van der Waals surface area contributed by atoms with E-state index in [1.54, 1.807) is 0 Å². The smallest absolute Gasteiger partial charge is 0.263 e. The number of amides is 1. The summed E-state index contributed by atoms with van der Waals surface area (Å²) in [6.45, 7) is 5.20. The molecule has 0 atom stereocenters. The van der Waals surface area contributed by atoms with Crippen molar-refractivity contribution in [1.82, 2.24) is 20.4 Å². The number of hydrogen-bond acceptors (Lipinski definition) is 6. The fourth-order valence-electron chi connectivity index (χ4n) is 1.88. The Labute approximate surface area is 122 Å². The Morgan fingerprint density at radius 1 is 1.35 bits per heavy atom. The lowest BCUT2D eigenvalue weighted by molar-refractivity contribution is 0.0956. The molecule has 2 rings (SSSR count). The van der Waals surface area contributed by atoms with Crippen LogP contribution in [-0.2, 0) is 0 Å². The van der Waals surface area contributed by atoms with Gasteiger partial charge in [-0.15, -0.1) is 16.4 Å². The molecule has 2 aromatic heterocycles. The fourth-order valence-corrected chi connectivity index (χ4v) is 2.90. The van der Waals surface area contributed by atoms with Crippen LogP contribution in [0.1, 0.15) is 20.9 Å². The van der Waals surface area contributed by atoms with Crippen LogP contribution >= 0.6 is 11.3 Å². The van der Waals surface area contributed by atoms with E-state index in [-0.39, 0.29) is 5.91 Å². The van der Waals surface area contributed by atoms with E-state index < -0.39 is 0 Å². The molecule has 20 heavy (non-hydrogen) atoms. The van der Waals surface area contributed by atoms with Gasteiger partial charge in [-0.2, -0.15) is 5.10 Å². The van der Waals surface area contributed by atoms with Crippen LogP contribution in [0.4, 0.5) is 5.69 Å². The Balaban J connectivity index is 2.29. The molecule has 0 aliphatic carbocycles. The van der Waals surface area contributed by atoms with Gasteiger partial charge in [-0.1, -0.05) is 0 Å². The number of carbonyl (C=O) groups excluding carboxylic acids is 1. The molecule has 0 aromatic carbocycles. The predicted octanol–water partition coefficient (Wildman–Crippen LogP) is 1.18. The SMILES string of the molecule is Cc1nnc2sc(C(=O)NCCN(C)C)c(N)c2c1C. The van der Waals surface area contributed by atoms with Gasteiger partial charge in [-0.05, 0) is 33.5 Å². The van der Waals surface area contributed by atoms with Gasteiger partial charge >= 0.3 is 0 Å². The van der Waals surface area contributed by atoms with E-state index in [4.69, 9.17) is 5.73 Å². The Morgan fingerprint density at radius 2 is 2.05 bits per heavy atom. The van der Waals surface area contributed by atoms with Gasteiger partial charge in [0.05, 0.1) is 11.4 Å². The summed E-state index contributed by atoms with van der Waals surface area (Å²) in [7, 11) is 3.92. The number of nitrogens with two attached hydrogens (primary N) is 1. The van der Waals surface area contributed by atoms with Gasteiger partial charge in [0, 0.05) is 18.5 Å². The van der Waals surface area contributed by atoms with Crippen LogP contribution < -0.4 is 11.1 Å². The van der Waals surface area contributed by atoms with Crippen LogP contribution in [0.15, 0.2) is 0 Å². The van der Waals surface area contributed by atoms with E-state index in [1.807, 2.05) is 32.8 Å². The van der Waals surface area contributed by atoms with Crippen molar-refractivity contribution < 1.29 is 4.79 Å². The van der Waals surface area contributed by atoms with Crippen molar-refractivity contribution in [3.8, 4) is 0 Å². The number of carbonyl (C=O) groups is 1. The predicted molar refractivity (Wildman–Crippen MR) is 82.2 cm³/mol. The molecule has 3 N–H and O–H groups in total. The van der Waals surface area contributed by atoms with Crippen molar-refractivity contribution in [3.63, 3.8) is 0 Å². The first-order valence-electron chi connectivity index (χ1n) is 6.36. The first kappa shape index (κ1) is 14.7. The molecule has 7 heteroatoms. The van der Waals surface area contributed by atoms with Crippen LogP contribution in [0.25, 0.3) is 10.2 Å². The van der Waals surface area contributed by atoms with Crippen molar-refractivity contribution in [2.75, 3.05) is 32.9 Å². The lowest BCUT2D eigenvalue weighted by Gasteiger charge is -2.09. The van der Waals surface area contributed by atoms with Crippen molar-refractivity contribution in [3.05, 3.63) is 16.1 Å². The van der Waals surface area contributed by atoms with Crippen LogP contribution in [0.3, 0.4) is 0 Å². The van der Waals surface area contributed by atoms with E-state index in [1.165, 1.54) is 11.3 Å². The summed E-state index contributed by atoms with van der Waals surface area (Å²) < 4.78 is 0. The molecule has 0 spiro atoms. The summed E-state index contributed by atoms with van der Waals surface area (Å²) in [5.74, 6) is -0.149. The maximum atomic E-state index is 12.2. The summed E-state index contributed by atoms with van der Waals surface area (Å²) in [4.78, 5) is 15.4. The van der Waals surface area contributed by atoms with Gasteiger partial charge in [0.1, 0.15) is 9.71 Å². The summed E-state index contributed by atoms with van der Waals surface area (Å²) in [6.07, 6.45) is 0. The molecule has 2 heterocycles. The highest BCUT2D eigenvalue weighted by molar-refractivity contribution is 7.21.